The predicted molar refractivity (Wildman–Crippen MR) is 61.2 cm³/mol. The maximum atomic E-state index is 11.1. The van der Waals surface area contributed by atoms with Gasteiger partial charge < -0.3 is 14.1 Å². The summed E-state index contributed by atoms with van der Waals surface area (Å²) in [6, 6.07) is 1.77. The number of aromatic nitrogens is 2. The summed E-state index contributed by atoms with van der Waals surface area (Å²) in [6.07, 6.45) is 1.73. The molecule has 5 heteroatoms. The zero-order valence-electron chi connectivity index (χ0n) is 10.0. The van der Waals surface area contributed by atoms with E-state index < -0.39 is 5.97 Å². The topological polar surface area (TPSA) is 68.3 Å². The molecule has 17 heavy (non-hydrogen) atoms. The second-order valence-electron chi connectivity index (χ2n) is 4.03. The molecular weight excluding hydrogens is 220 g/mol. The average Bonchev–Trinajstić information content (AvgIpc) is 2.72. The third kappa shape index (κ3) is 2.08. The average molecular weight is 234 g/mol. The maximum Gasteiger partial charge on any atom is 0.352 e. The van der Waals surface area contributed by atoms with Gasteiger partial charge in [0.2, 0.25) is 5.89 Å². The molecule has 5 nitrogen and oxygen atoms in total. The second-order valence-corrected chi connectivity index (χ2v) is 4.03. The van der Waals surface area contributed by atoms with Crippen molar-refractivity contribution in [3.8, 4) is 0 Å². The molecule has 2 aromatic heterocycles. The molecule has 0 atom stereocenters. The minimum absolute atomic E-state index is 0.276. The highest BCUT2D eigenvalue weighted by atomic mass is 16.4. The van der Waals surface area contributed by atoms with Crippen LogP contribution in [0.25, 0.3) is 0 Å². The van der Waals surface area contributed by atoms with Crippen LogP contribution in [0.3, 0.4) is 0 Å². The van der Waals surface area contributed by atoms with Crippen LogP contribution in [0, 0.1) is 20.8 Å². The van der Waals surface area contributed by atoms with Crippen molar-refractivity contribution in [3.05, 3.63) is 40.9 Å². The maximum absolute atomic E-state index is 11.1. The lowest BCUT2D eigenvalue weighted by Crippen LogP contribution is -2.10. The first kappa shape index (κ1) is 11.4. The van der Waals surface area contributed by atoms with Crippen LogP contribution in [0.2, 0.25) is 0 Å². The Hall–Kier alpha value is -2.04. The summed E-state index contributed by atoms with van der Waals surface area (Å²) in [5.74, 6) is 0.353. The van der Waals surface area contributed by atoms with E-state index in [4.69, 9.17) is 9.52 Å². The second kappa shape index (κ2) is 4.08. The third-order valence-corrected chi connectivity index (χ3v) is 2.75. The summed E-state index contributed by atoms with van der Waals surface area (Å²) in [7, 11) is 0. The molecule has 0 aliphatic carbocycles. The number of carboxylic acid groups (broad SMARTS) is 1. The van der Waals surface area contributed by atoms with Crippen molar-refractivity contribution in [1.82, 2.24) is 9.55 Å². The van der Waals surface area contributed by atoms with E-state index in [1.807, 2.05) is 13.8 Å². The van der Waals surface area contributed by atoms with Crippen molar-refractivity contribution in [1.29, 1.82) is 0 Å². The van der Waals surface area contributed by atoms with Gasteiger partial charge in [0.15, 0.2) is 0 Å². The van der Waals surface area contributed by atoms with Crippen LogP contribution in [0.4, 0.5) is 0 Å². The standard InChI is InChI=1S/C12H14N2O3/c1-7-4-5-14(11(7)12(15)16)6-10-13-8(2)9(3)17-10/h4-5H,6H2,1-3H3,(H,15,16). The van der Waals surface area contributed by atoms with Gasteiger partial charge in [-0.15, -0.1) is 0 Å². The summed E-state index contributed by atoms with van der Waals surface area (Å²) in [6.45, 7) is 5.81. The zero-order valence-corrected chi connectivity index (χ0v) is 10.0. The van der Waals surface area contributed by atoms with Crippen molar-refractivity contribution in [2.24, 2.45) is 0 Å². The van der Waals surface area contributed by atoms with Gasteiger partial charge in [-0.1, -0.05) is 0 Å². The van der Waals surface area contributed by atoms with Gasteiger partial charge in [0.1, 0.15) is 11.5 Å². The first-order valence-corrected chi connectivity index (χ1v) is 5.31. The molecule has 0 aliphatic heterocycles. The fraction of sp³-hybridized carbons (Fsp3) is 0.333. The molecule has 0 bridgehead atoms. The minimum Gasteiger partial charge on any atom is -0.477 e. The van der Waals surface area contributed by atoms with Gasteiger partial charge >= 0.3 is 5.97 Å². The van der Waals surface area contributed by atoms with E-state index in [1.54, 1.807) is 23.8 Å². The van der Waals surface area contributed by atoms with Gasteiger partial charge in [0, 0.05) is 6.20 Å². The van der Waals surface area contributed by atoms with Gasteiger partial charge in [-0.05, 0) is 32.4 Å². The smallest absolute Gasteiger partial charge is 0.352 e. The molecule has 0 saturated carbocycles. The Balaban J connectivity index is 2.33. The van der Waals surface area contributed by atoms with Crippen LogP contribution in [0.1, 0.15) is 33.4 Å². The Kier molecular flexibility index (Phi) is 2.75. The molecule has 2 aromatic rings. The monoisotopic (exact) mass is 234 g/mol. The van der Waals surface area contributed by atoms with E-state index in [-0.39, 0.29) is 5.69 Å². The Morgan fingerprint density at radius 1 is 1.47 bits per heavy atom. The molecule has 0 aliphatic rings. The SMILES string of the molecule is Cc1ccn(Cc2nc(C)c(C)o2)c1C(=O)O. The summed E-state index contributed by atoms with van der Waals surface area (Å²) >= 11 is 0. The molecule has 0 unspecified atom stereocenters. The quantitative estimate of drug-likeness (QED) is 0.883. The molecule has 0 aromatic carbocycles. The lowest BCUT2D eigenvalue weighted by Gasteiger charge is -2.03. The molecule has 2 heterocycles. The van der Waals surface area contributed by atoms with E-state index in [1.165, 1.54) is 0 Å². The van der Waals surface area contributed by atoms with E-state index in [2.05, 4.69) is 4.98 Å². The van der Waals surface area contributed by atoms with Crippen molar-refractivity contribution in [2.45, 2.75) is 27.3 Å². The number of nitrogens with zero attached hydrogens (tertiary/aromatic N) is 2. The highest BCUT2D eigenvalue weighted by molar-refractivity contribution is 5.87. The molecule has 90 valence electrons. The molecule has 2 rings (SSSR count). The fourth-order valence-corrected chi connectivity index (χ4v) is 1.76. The predicted octanol–water partition coefficient (Wildman–Crippen LogP) is 2.15. The molecule has 0 fully saturated rings. The van der Waals surface area contributed by atoms with Crippen LogP contribution in [-0.4, -0.2) is 20.6 Å². The normalized spacial score (nSPS) is 10.8. The summed E-state index contributed by atoms with van der Waals surface area (Å²) in [5.41, 5.74) is 1.84. The Morgan fingerprint density at radius 3 is 2.71 bits per heavy atom. The third-order valence-electron chi connectivity index (χ3n) is 2.75. The number of rotatable bonds is 3. The first-order valence-electron chi connectivity index (χ1n) is 5.31. The van der Waals surface area contributed by atoms with E-state index in [0.717, 1.165) is 17.0 Å². The highest BCUT2D eigenvalue weighted by Crippen LogP contribution is 2.14. The highest BCUT2D eigenvalue weighted by Gasteiger charge is 2.15. The van der Waals surface area contributed by atoms with Gasteiger partial charge in [0.05, 0.1) is 12.2 Å². The van der Waals surface area contributed by atoms with Gasteiger partial charge in [-0.3, -0.25) is 0 Å². The summed E-state index contributed by atoms with van der Waals surface area (Å²) in [5, 5.41) is 9.10. The van der Waals surface area contributed by atoms with Crippen LogP contribution in [0.15, 0.2) is 16.7 Å². The minimum atomic E-state index is -0.937. The van der Waals surface area contributed by atoms with E-state index in [0.29, 0.717) is 12.4 Å². The number of hydrogen-bond donors (Lipinski definition) is 1. The number of carbonyl (C=O) groups is 1. The van der Waals surface area contributed by atoms with E-state index >= 15 is 0 Å². The van der Waals surface area contributed by atoms with Crippen LogP contribution in [0.5, 0.6) is 0 Å². The number of oxazole rings is 1. The molecule has 0 saturated heterocycles. The molecule has 1 N–H and O–H groups in total. The Bertz CT molecular complexity index is 547. The van der Waals surface area contributed by atoms with Crippen molar-refractivity contribution in [2.75, 3.05) is 0 Å². The molecule has 0 spiro atoms. The summed E-state index contributed by atoms with van der Waals surface area (Å²) in [4.78, 5) is 15.3. The van der Waals surface area contributed by atoms with Crippen LogP contribution < -0.4 is 0 Å². The van der Waals surface area contributed by atoms with Crippen LogP contribution >= 0.6 is 0 Å². The number of carboxylic acids is 1. The lowest BCUT2D eigenvalue weighted by molar-refractivity contribution is 0.0684. The lowest BCUT2D eigenvalue weighted by atomic mass is 10.3. The molecular formula is C12H14N2O3. The number of aromatic carboxylic acids is 1. The molecule has 0 amide bonds. The van der Waals surface area contributed by atoms with Gasteiger partial charge in [0.25, 0.3) is 0 Å². The van der Waals surface area contributed by atoms with Crippen molar-refractivity contribution in [3.63, 3.8) is 0 Å². The zero-order chi connectivity index (χ0) is 12.6. The largest absolute Gasteiger partial charge is 0.477 e. The first-order chi connectivity index (χ1) is 7.99. The van der Waals surface area contributed by atoms with Gasteiger partial charge in [-0.2, -0.15) is 0 Å². The van der Waals surface area contributed by atoms with Crippen molar-refractivity contribution < 1.29 is 14.3 Å². The summed E-state index contributed by atoms with van der Waals surface area (Å²) < 4.78 is 7.06. The Labute approximate surface area is 98.7 Å². The van der Waals surface area contributed by atoms with Crippen molar-refractivity contribution >= 4 is 5.97 Å². The fourth-order valence-electron chi connectivity index (χ4n) is 1.76. The Morgan fingerprint density at radius 2 is 2.18 bits per heavy atom. The van der Waals surface area contributed by atoms with Crippen LogP contribution in [-0.2, 0) is 6.54 Å². The molecule has 0 radical (unpaired) electrons. The number of hydrogen-bond acceptors (Lipinski definition) is 3. The number of aryl methyl sites for hydroxylation is 3. The van der Waals surface area contributed by atoms with E-state index in [9.17, 15) is 4.79 Å². The van der Waals surface area contributed by atoms with Gasteiger partial charge in [-0.25, -0.2) is 9.78 Å².